The predicted octanol–water partition coefficient (Wildman–Crippen LogP) is 3.66. The molecule has 5 heteroatoms. The van der Waals surface area contributed by atoms with E-state index in [1.165, 1.54) is 0 Å². The van der Waals surface area contributed by atoms with E-state index >= 15 is 0 Å². The van der Waals surface area contributed by atoms with Gasteiger partial charge in [0.25, 0.3) is 6.43 Å². The number of benzene rings is 1. The molecule has 1 aromatic rings. The van der Waals surface area contributed by atoms with E-state index < -0.39 is 13.0 Å². The van der Waals surface area contributed by atoms with Gasteiger partial charge in [-0.1, -0.05) is 30.7 Å². The summed E-state index contributed by atoms with van der Waals surface area (Å²) in [4.78, 5) is 0. The lowest BCUT2D eigenvalue weighted by atomic mass is 10.1. The van der Waals surface area contributed by atoms with Crippen molar-refractivity contribution in [3.63, 3.8) is 0 Å². The van der Waals surface area contributed by atoms with Crippen LogP contribution in [-0.4, -0.2) is 26.1 Å². The smallest absolute Gasteiger partial charge is 0.261 e. The standard InChI is InChI=1S/C13H18ClF2NO/c1-2-7-17-8-12(18-9-13(15)16)10-3-5-11(14)6-4-10/h3-6,12-13,17H,2,7-9H2,1H3. The molecule has 0 heterocycles. The van der Waals surface area contributed by atoms with Crippen molar-refractivity contribution in [3.8, 4) is 0 Å². The van der Waals surface area contributed by atoms with Crippen molar-refractivity contribution < 1.29 is 13.5 Å². The monoisotopic (exact) mass is 277 g/mol. The molecule has 1 aromatic carbocycles. The van der Waals surface area contributed by atoms with Crippen molar-refractivity contribution in [1.29, 1.82) is 0 Å². The lowest BCUT2D eigenvalue weighted by Crippen LogP contribution is -2.25. The van der Waals surface area contributed by atoms with Crippen molar-refractivity contribution in [2.45, 2.75) is 25.9 Å². The second kappa shape index (κ2) is 8.40. The van der Waals surface area contributed by atoms with Crippen LogP contribution in [-0.2, 0) is 4.74 Å². The minimum absolute atomic E-state index is 0.372. The molecule has 0 aliphatic heterocycles. The summed E-state index contributed by atoms with van der Waals surface area (Å²) in [5, 5.41) is 3.79. The molecule has 0 aromatic heterocycles. The van der Waals surface area contributed by atoms with E-state index in [-0.39, 0.29) is 6.10 Å². The lowest BCUT2D eigenvalue weighted by Gasteiger charge is -2.19. The molecule has 1 atom stereocenters. The molecule has 0 spiro atoms. The van der Waals surface area contributed by atoms with E-state index in [1.54, 1.807) is 24.3 Å². The van der Waals surface area contributed by atoms with Crippen LogP contribution in [0.2, 0.25) is 5.02 Å². The highest BCUT2D eigenvalue weighted by atomic mass is 35.5. The van der Waals surface area contributed by atoms with Gasteiger partial charge >= 0.3 is 0 Å². The third-order valence-corrected chi connectivity index (χ3v) is 2.67. The number of rotatable bonds is 8. The summed E-state index contributed by atoms with van der Waals surface area (Å²) >= 11 is 5.79. The van der Waals surface area contributed by atoms with Crippen LogP contribution in [0, 0.1) is 0 Å². The molecule has 1 unspecified atom stereocenters. The molecule has 18 heavy (non-hydrogen) atoms. The molecule has 2 nitrogen and oxygen atoms in total. The lowest BCUT2D eigenvalue weighted by molar-refractivity contribution is -0.0245. The Labute approximate surface area is 111 Å². The third kappa shape index (κ3) is 5.76. The second-order valence-electron chi connectivity index (χ2n) is 3.97. The van der Waals surface area contributed by atoms with E-state index in [2.05, 4.69) is 5.32 Å². The first-order chi connectivity index (χ1) is 8.63. The maximum atomic E-state index is 12.2. The number of nitrogens with one attached hydrogen (secondary N) is 1. The van der Waals surface area contributed by atoms with Crippen LogP contribution in [0.15, 0.2) is 24.3 Å². The topological polar surface area (TPSA) is 21.3 Å². The molecule has 1 rings (SSSR count). The van der Waals surface area contributed by atoms with Crippen molar-refractivity contribution in [2.75, 3.05) is 19.7 Å². The Hall–Kier alpha value is -0.710. The third-order valence-electron chi connectivity index (χ3n) is 2.42. The van der Waals surface area contributed by atoms with Crippen molar-refractivity contribution in [2.24, 2.45) is 0 Å². The minimum Gasteiger partial charge on any atom is -0.366 e. The Morgan fingerprint density at radius 1 is 1.28 bits per heavy atom. The molecule has 0 aliphatic rings. The van der Waals surface area contributed by atoms with Gasteiger partial charge in [0.15, 0.2) is 0 Å². The van der Waals surface area contributed by atoms with Crippen LogP contribution in [0.25, 0.3) is 0 Å². The van der Waals surface area contributed by atoms with E-state index in [0.717, 1.165) is 18.5 Å². The summed E-state index contributed by atoms with van der Waals surface area (Å²) in [7, 11) is 0. The zero-order valence-electron chi connectivity index (χ0n) is 10.3. The van der Waals surface area contributed by atoms with Gasteiger partial charge in [-0.2, -0.15) is 0 Å². The molecule has 0 fully saturated rings. The summed E-state index contributed by atoms with van der Waals surface area (Å²) in [6.45, 7) is 2.84. The Morgan fingerprint density at radius 2 is 1.94 bits per heavy atom. The summed E-state index contributed by atoms with van der Waals surface area (Å²) in [6.07, 6.45) is -1.84. The predicted molar refractivity (Wildman–Crippen MR) is 69.3 cm³/mol. The molecular formula is C13H18ClF2NO. The van der Waals surface area contributed by atoms with Gasteiger partial charge in [0, 0.05) is 11.6 Å². The summed E-state index contributed by atoms with van der Waals surface area (Å²) in [5.41, 5.74) is 0.851. The number of alkyl halides is 2. The maximum absolute atomic E-state index is 12.2. The van der Waals surface area contributed by atoms with Crippen molar-refractivity contribution in [1.82, 2.24) is 5.32 Å². The maximum Gasteiger partial charge on any atom is 0.261 e. The normalized spacial score (nSPS) is 12.9. The largest absolute Gasteiger partial charge is 0.366 e. The fourth-order valence-electron chi connectivity index (χ4n) is 1.55. The molecule has 1 N–H and O–H groups in total. The number of hydrogen-bond acceptors (Lipinski definition) is 2. The van der Waals surface area contributed by atoms with Crippen LogP contribution in [0.5, 0.6) is 0 Å². The quantitative estimate of drug-likeness (QED) is 0.732. The highest BCUT2D eigenvalue weighted by Gasteiger charge is 2.14. The number of hydrogen-bond donors (Lipinski definition) is 1. The highest BCUT2D eigenvalue weighted by Crippen LogP contribution is 2.20. The highest BCUT2D eigenvalue weighted by molar-refractivity contribution is 6.30. The van der Waals surface area contributed by atoms with Gasteiger partial charge < -0.3 is 10.1 Å². The van der Waals surface area contributed by atoms with Crippen LogP contribution in [0.4, 0.5) is 8.78 Å². The zero-order valence-corrected chi connectivity index (χ0v) is 11.1. The van der Waals surface area contributed by atoms with Gasteiger partial charge in [-0.25, -0.2) is 8.78 Å². The van der Waals surface area contributed by atoms with Gasteiger partial charge in [0.1, 0.15) is 6.61 Å². The molecule has 102 valence electrons. The first-order valence-corrected chi connectivity index (χ1v) is 6.37. The number of ether oxygens (including phenoxy) is 1. The fourth-order valence-corrected chi connectivity index (χ4v) is 1.68. The Balaban J connectivity index is 2.60. The van der Waals surface area contributed by atoms with Gasteiger partial charge in [-0.15, -0.1) is 0 Å². The summed E-state index contributed by atoms with van der Waals surface area (Å²) < 4.78 is 29.6. The van der Waals surface area contributed by atoms with Crippen LogP contribution < -0.4 is 5.32 Å². The Morgan fingerprint density at radius 3 is 2.50 bits per heavy atom. The Bertz CT molecular complexity index is 332. The van der Waals surface area contributed by atoms with E-state index in [4.69, 9.17) is 16.3 Å². The van der Waals surface area contributed by atoms with Crippen molar-refractivity contribution in [3.05, 3.63) is 34.9 Å². The van der Waals surface area contributed by atoms with E-state index in [9.17, 15) is 8.78 Å². The van der Waals surface area contributed by atoms with Crippen molar-refractivity contribution >= 4 is 11.6 Å². The number of halogens is 3. The minimum atomic E-state index is -2.45. The van der Waals surface area contributed by atoms with Crippen LogP contribution in [0.1, 0.15) is 25.0 Å². The van der Waals surface area contributed by atoms with Crippen LogP contribution >= 0.6 is 11.6 Å². The molecule has 0 bridgehead atoms. The zero-order chi connectivity index (χ0) is 13.4. The van der Waals surface area contributed by atoms with Gasteiger partial charge in [0.2, 0.25) is 0 Å². The van der Waals surface area contributed by atoms with Gasteiger partial charge in [-0.05, 0) is 30.7 Å². The van der Waals surface area contributed by atoms with Gasteiger partial charge in [0.05, 0.1) is 6.10 Å². The molecule has 0 amide bonds. The molecular weight excluding hydrogens is 260 g/mol. The molecule has 0 saturated heterocycles. The first-order valence-electron chi connectivity index (χ1n) is 5.99. The average molecular weight is 278 g/mol. The van der Waals surface area contributed by atoms with Crippen LogP contribution in [0.3, 0.4) is 0 Å². The molecule has 0 radical (unpaired) electrons. The second-order valence-corrected chi connectivity index (χ2v) is 4.41. The molecule has 0 saturated carbocycles. The van der Waals surface area contributed by atoms with E-state index in [0.29, 0.717) is 11.6 Å². The van der Waals surface area contributed by atoms with E-state index in [1.807, 2.05) is 6.92 Å². The summed E-state index contributed by atoms with van der Waals surface area (Å²) in [5.74, 6) is 0. The summed E-state index contributed by atoms with van der Waals surface area (Å²) in [6, 6.07) is 7.06. The molecule has 0 aliphatic carbocycles. The van der Waals surface area contributed by atoms with Gasteiger partial charge in [-0.3, -0.25) is 0 Å². The Kier molecular flexibility index (Phi) is 7.16. The first kappa shape index (κ1) is 15.3. The fraction of sp³-hybridized carbons (Fsp3) is 0.538. The SMILES string of the molecule is CCCNCC(OCC(F)F)c1ccc(Cl)cc1. The average Bonchev–Trinajstić information content (AvgIpc) is 2.34.